The summed E-state index contributed by atoms with van der Waals surface area (Å²) in [5.41, 5.74) is 2.08. The number of aliphatic hydroxyl groups is 1. The molecule has 1 fully saturated rings. The van der Waals surface area contributed by atoms with E-state index in [2.05, 4.69) is 0 Å². The molecule has 1 amide bonds. The van der Waals surface area contributed by atoms with Gasteiger partial charge in [0.1, 0.15) is 5.70 Å². The van der Waals surface area contributed by atoms with Crippen molar-refractivity contribution in [3.63, 3.8) is 0 Å². The zero-order chi connectivity index (χ0) is 19.7. The monoisotopic (exact) mass is 395 g/mol. The number of carbonyl (C=O) groups is 3. The molecule has 0 bridgehead atoms. The molecule has 3 heterocycles. The van der Waals surface area contributed by atoms with Gasteiger partial charge in [-0.1, -0.05) is 18.2 Å². The maximum atomic E-state index is 12.4. The SMILES string of the molecule is C[C@@H](O)[C@H]1C(=O)N2C(C(=O)O)=C(c3ccc4c5c(sc4c3)C=CCC5=O)C[C@H]12. The van der Waals surface area contributed by atoms with Gasteiger partial charge < -0.3 is 15.1 Å². The van der Waals surface area contributed by atoms with Crippen molar-refractivity contribution in [3.8, 4) is 0 Å². The Balaban J connectivity index is 1.62. The number of thiophene rings is 1. The lowest BCUT2D eigenvalue weighted by molar-refractivity contribution is -0.161. The van der Waals surface area contributed by atoms with E-state index in [-0.39, 0.29) is 23.4 Å². The molecule has 1 aliphatic carbocycles. The number of aliphatic hydroxyl groups excluding tert-OH is 1. The number of Topliss-reactive ketones (excluding diaryl/α,β-unsaturated/α-hetero) is 1. The van der Waals surface area contributed by atoms with Gasteiger partial charge in [-0.3, -0.25) is 9.59 Å². The molecule has 2 aliphatic heterocycles. The summed E-state index contributed by atoms with van der Waals surface area (Å²) in [6, 6.07) is 5.29. The highest BCUT2D eigenvalue weighted by molar-refractivity contribution is 7.20. The van der Waals surface area contributed by atoms with Gasteiger partial charge in [-0.25, -0.2) is 4.79 Å². The first kappa shape index (κ1) is 17.3. The number of hydrogen-bond acceptors (Lipinski definition) is 5. The smallest absolute Gasteiger partial charge is 0.352 e. The van der Waals surface area contributed by atoms with Crippen LogP contribution in [0.2, 0.25) is 0 Å². The van der Waals surface area contributed by atoms with Gasteiger partial charge in [0, 0.05) is 26.9 Å². The molecule has 3 atom stereocenters. The van der Waals surface area contributed by atoms with Crippen LogP contribution in [0.1, 0.15) is 40.6 Å². The zero-order valence-corrected chi connectivity index (χ0v) is 15.8. The molecule has 1 aromatic heterocycles. The molecule has 0 spiro atoms. The van der Waals surface area contributed by atoms with Crippen molar-refractivity contribution in [2.75, 3.05) is 0 Å². The minimum atomic E-state index is -1.14. The van der Waals surface area contributed by atoms with Gasteiger partial charge in [-0.2, -0.15) is 0 Å². The van der Waals surface area contributed by atoms with Crippen LogP contribution in [0.5, 0.6) is 0 Å². The number of fused-ring (bicyclic) bond motifs is 4. The summed E-state index contributed by atoms with van der Waals surface area (Å²) in [6.45, 7) is 1.56. The minimum Gasteiger partial charge on any atom is -0.477 e. The Morgan fingerprint density at radius 2 is 2.11 bits per heavy atom. The van der Waals surface area contributed by atoms with E-state index in [0.717, 1.165) is 26.1 Å². The summed E-state index contributed by atoms with van der Waals surface area (Å²) in [7, 11) is 0. The van der Waals surface area contributed by atoms with Gasteiger partial charge in [-0.15, -0.1) is 11.3 Å². The highest BCUT2D eigenvalue weighted by Crippen LogP contribution is 2.47. The molecule has 7 heteroatoms. The second-order valence-corrected chi connectivity index (χ2v) is 8.54. The van der Waals surface area contributed by atoms with Crippen molar-refractivity contribution in [3.05, 3.63) is 46.0 Å². The number of nitrogens with zero attached hydrogens (tertiary/aromatic N) is 1. The number of rotatable bonds is 3. The number of carbonyl (C=O) groups excluding carboxylic acids is 2. The van der Waals surface area contributed by atoms with E-state index in [1.54, 1.807) is 6.92 Å². The second-order valence-electron chi connectivity index (χ2n) is 7.46. The molecule has 5 rings (SSSR count). The van der Waals surface area contributed by atoms with Crippen LogP contribution in [-0.4, -0.2) is 44.9 Å². The molecule has 0 saturated carbocycles. The Labute approximate surface area is 164 Å². The Morgan fingerprint density at radius 3 is 2.82 bits per heavy atom. The largest absolute Gasteiger partial charge is 0.477 e. The first-order chi connectivity index (χ1) is 13.4. The standard InChI is InChI=1S/C21H17NO5S/c1-9(23)17-13-8-12(19(21(26)27)22(13)20(17)25)10-5-6-11-16(7-10)28-15-4-2-3-14(24)18(11)15/h2,4-7,9,13,17,23H,3,8H2,1H3,(H,26,27)/t9-,13-,17-/m1/s1. The molecule has 28 heavy (non-hydrogen) atoms. The van der Waals surface area contributed by atoms with Crippen LogP contribution >= 0.6 is 11.3 Å². The topological polar surface area (TPSA) is 94.9 Å². The Bertz CT molecular complexity index is 1140. The molecule has 3 aliphatic rings. The fourth-order valence-corrected chi connectivity index (χ4v) is 5.80. The predicted molar refractivity (Wildman–Crippen MR) is 105 cm³/mol. The van der Waals surface area contributed by atoms with Crippen molar-refractivity contribution < 1.29 is 24.6 Å². The third-order valence-corrected chi connectivity index (χ3v) is 6.97. The number of carboxylic acids is 1. The van der Waals surface area contributed by atoms with E-state index >= 15 is 0 Å². The van der Waals surface area contributed by atoms with Gasteiger partial charge in [0.05, 0.1) is 18.1 Å². The molecule has 6 nitrogen and oxygen atoms in total. The number of carboxylic acid groups (broad SMARTS) is 1. The number of amides is 1. The summed E-state index contributed by atoms with van der Waals surface area (Å²) >= 11 is 1.51. The lowest BCUT2D eigenvalue weighted by Crippen LogP contribution is -2.61. The second kappa shape index (κ2) is 5.86. The number of aliphatic carboxylic acids is 1. The third-order valence-electron chi connectivity index (χ3n) is 5.85. The van der Waals surface area contributed by atoms with E-state index in [4.69, 9.17) is 0 Å². The number of β-lactam (4-membered cyclic amide) rings is 1. The maximum Gasteiger partial charge on any atom is 0.352 e. The normalized spacial score (nSPS) is 24.4. The van der Waals surface area contributed by atoms with Crippen LogP contribution in [0.15, 0.2) is 30.0 Å². The van der Waals surface area contributed by atoms with E-state index in [0.29, 0.717) is 18.4 Å². The van der Waals surface area contributed by atoms with Crippen molar-refractivity contribution >= 4 is 50.7 Å². The van der Waals surface area contributed by atoms with Crippen LogP contribution in [0.3, 0.4) is 0 Å². The van der Waals surface area contributed by atoms with Crippen molar-refractivity contribution in [1.82, 2.24) is 4.90 Å². The van der Waals surface area contributed by atoms with Crippen molar-refractivity contribution in [2.24, 2.45) is 5.92 Å². The highest BCUT2D eigenvalue weighted by atomic mass is 32.1. The Morgan fingerprint density at radius 1 is 1.32 bits per heavy atom. The first-order valence-electron chi connectivity index (χ1n) is 9.12. The maximum absolute atomic E-state index is 12.4. The summed E-state index contributed by atoms with van der Waals surface area (Å²) in [4.78, 5) is 38.8. The highest BCUT2D eigenvalue weighted by Gasteiger charge is 2.56. The quantitative estimate of drug-likeness (QED) is 0.780. The molecule has 0 radical (unpaired) electrons. The number of ketones is 1. The fourth-order valence-electron chi connectivity index (χ4n) is 4.61. The fraction of sp³-hybridized carbons (Fsp3) is 0.286. The van der Waals surface area contributed by atoms with E-state index in [1.807, 2.05) is 30.4 Å². The average Bonchev–Trinajstić information content (AvgIpc) is 3.17. The van der Waals surface area contributed by atoms with Gasteiger partial charge in [0.25, 0.3) is 0 Å². The molecule has 2 aromatic rings. The van der Waals surface area contributed by atoms with Crippen molar-refractivity contribution in [2.45, 2.75) is 31.9 Å². The third kappa shape index (κ3) is 2.20. The van der Waals surface area contributed by atoms with Gasteiger partial charge >= 0.3 is 5.97 Å². The first-order valence-corrected chi connectivity index (χ1v) is 9.94. The summed E-state index contributed by atoms with van der Waals surface area (Å²) in [6.07, 6.45) is 3.80. The van der Waals surface area contributed by atoms with Crippen LogP contribution < -0.4 is 0 Å². The van der Waals surface area contributed by atoms with Crippen LogP contribution in [-0.2, 0) is 9.59 Å². The van der Waals surface area contributed by atoms with Gasteiger partial charge in [0.2, 0.25) is 5.91 Å². The van der Waals surface area contributed by atoms with Crippen LogP contribution in [0.25, 0.3) is 21.7 Å². The van der Waals surface area contributed by atoms with Crippen molar-refractivity contribution in [1.29, 1.82) is 0 Å². The van der Waals surface area contributed by atoms with Gasteiger partial charge in [0.15, 0.2) is 5.78 Å². The molecule has 142 valence electrons. The van der Waals surface area contributed by atoms with Crippen LogP contribution in [0.4, 0.5) is 0 Å². The predicted octanol–water partition coefficient (Wildman–Crippen LogP) is 2.91. The zero-order valence-electron chi connectivity index (χ0n) is 15.0. The molecular weight excluding hydrogens is 378 g/mol. The number of benzene rings is 1. The lowest BCUT2D eigenvalue weighted by Gasteiger charge is -2.44. The van der Waals surface area contributed by atoms with Gasteiger partial charge in [-0.05, 0) is 36.6 Å². The van der Waals surface area contributed by atoms with Crippen LogP contribution in [0, 0.1) is 5.92 Å². The molecule has 1 aromatic carbocycles. The van der Waals surface area contributed by atoms with E-state index in [9.17, 15) is 24.6 Å². The van der Waals surface area contributed by atoms with E-state index in [1.165, 1.54) is 16.2 Å². The Hall–Kier alpha value is -2.77. The number of hydrogen-bond donors (Lipinski definition) is 2. The summed E-state index contributed by atoms with van der Waals surface area (Å²) < 4.78 is 0.923. The summed E-state index contributed by atoms with van der Waals surface area (Å²) in [5.74, 6) is -1.95. The molecule has 0 unspecified atom stereocenters. The summed E-state index contributed by atoms with van der Waals surface area (Å²) in [5, 5.41) is 20.5. The molecular formula is C21H17NO5S. The average molecular weight is 395 g/mol. The molecule has 2 N–H and O–H groups in total. The number of allylic oxidation sites excluding steroid dienone is 1. The lowest BCUT2D eigenvalue weighted by atomic mass is 9.82. The van der Waals surface area contributed by atoms with E-state index < -0.39 is 18.0 Å². The minimum absolute atomic E-state index is 0.00328. The Kier molecular flexibility index (Phi) is 3.63. The molecule has 1 saturated heterocycles.